The smallest absolute Gasteiger partial charge is 0.343 e. The lowest BCUT2D eigenvalue weighted by Gasteiger charge is -2.10. The second kappa shape index (κ2) is 8.16. The molecule has 0 amide bonds. The number of nitrogens with zero attached hydrogens (tertiary/aromatic N) is 3. The number of hydrogen-bond donors (Lipinski definition) is 1. The molecule has 2 aromatic heterocycles. The van der Waals surface area contributed by atoms with Crippen molar-refractivity contribution in [2.24, 2.45) is 0 Å². The number of benzene rings is 1. The van der Waals surface area contributed by atoms with E-state index in [1.807, 2.05) is 18.2 Å². The summed E-state index contributed by atoms with van der Waals surface area (Å²) in [6.45, 7) is 4.07. The topological polar surface area (TPSA) is 101 Å². The summed E-state index contributed by atoms with van der Waals surface area (Å²) in [5.41, 5.74) is 9.56. The van der Waals surface area contributed by atoms with Gasteiger partial charge < -0.3 is 19.9 Å². The molecule has 0 atom stereocenters. The van der Waals surface area contributed by atoms with Gasteiger partial charge in [0.15, 0.2) is 17.1 Å². The minimum absolute atomic E-state index is 0.193. The van der Waals surface area contributed by atoms with E-state index in [2.05, 4.69) is 17.0 Å². The van der Waals surface area contributed by atoms with E-state index in [-0.39, 0.29) is 18.0 Å². The molecule has 2 N–H and O–H groups in total. The number of hydrogen-bond acceptors (Lipinski definition) is 7. The number of anilines is 1. The second-order valence-corrected chi connectivity index (χ2v) is 6.15. The molecule has 0 aliphatic carbocycles. The normalized spacial score (nSPS) is 10.9. The molecule has 0 bridgehead atoms. The highest BCUT2D eigenvalue weighted by atomic mass is 16.5. The first-order valence-corrected chi connectivity index (χ1v) is 9.11. The van der Waals surface area contributed by atoms with Gasteiger partial charge in [0.1, 0.15) is 11.4 Å². The van der Waals surface area contributed by atoms with E-state index in [0.717, 1.165) is 29.7 Å². The van der Waals surface area contributed by atoms with Crippen LogP contribution in [0.5, 0.6) is 11.5 Å². The summed E-state index contributed by atoms with van der Waals surface area (Å²) in [6, 6.07) is 5.64. The standard InChI is InChI=1S/C20H24N4O4/c1-5-7-14-17(12-8-9-15(26-3)16(10-12)27-4)19-22-11-13(20(25)28-6-2)18(21)24(19)23-14/h8-11H,5-7,21H2,1-4H3. The van der Waals surface area contributed by atoms with Crippen molar-refractivity contribution in [1.82, 2.24) is 14.6 Å². The number of fused-ring (bicyclic) bond motifs is 1. The molecule has 0 unspecified atom stereocenters. The number of ether oxygens (including phenoxy) is 3. The fourth-order valence-corrected chi connectivity index (χ4v) is 3.11. The number of aryl methyl sites for hydroxylation is 1. The van der Waals surface area contributed by atoms with E-state index in [9.17, 15) is 4.79 Å². The van der Waals surface area contributed by atoms with Gasteiger partial charge in [-0.1, -0.05) is 19.4 Å². The molecule has 0 saturated heterocycles. The Morgan fingerprint density at radius 1 is 1.18 bits per heavy atom. The zero-order chi connectivity index (χ0) is 20.3. The first-order valence-electron chi connectivity index (χ1n) is 9.11. The quantitative estimate of drug-likeness (QED) is 0.625. The zero-order valence-corrected chi connectivity index (χ0v) is 16.5. The molecule has 0 saturated carbocycles. The van der Waals surface area contributed by atoms with Gasteiger partial charge in [0.25, 0.3) is 0 Å². The number of carbonyl (C=O) groups is 1. The van der Waals surface area contributed by atoms with Crippen molar-refractivity contribution in [2.45, 2.75) is 26.7 Å². The summed E-state index contributed by atoms with van der Waals surface area (Å²) in [6.07, 6.45) is 3.07. The van der Waals surface area contributed by atoms with Gasteiger partial charge in [-0.25, -0.2) is 9.78 Å². The third kappa shape index (κ3) is 3.33. The first kappa shape index (κ1) is 19.5. The van der Waals surface area contributed by atoms with Gasteiger partial charge >= 0.3 is 5.97 Å². The fraction of sp³-hybridized carbons (Fsp3) is 0.350. The minimum atomic E-state index is -0.519. The molecule has 148 valence electrons. The molecule has 1 aromatic carbocycles. The Labute approximate surface area is 163 Å². The molecule has 0 radical (unpaired) electrons. The van der Waals surface area contributed by atoms with E-state index < -0.39 is 5.97 Å². The Morgan fingerprint density at radius 2 is 1.93 bits per heavy atom. The molecular weight excluding hydrogens is 360 g/mol. The Morgan fingerprint density at radius 3 is 2.57 bits per heavy atom. The number of methoxy groups -OCH3 is 2. The lowest BCUT2D eigenvalue weighted by molar-refractivity contribution is 0.0526. The fourth-order valence-electron chi connectivity index (χ4n) is 3.11. The predicted molar refractivity (Wildman–Crippen MR) is 106 cm³/mol. The van der Waals surface area contributed by atoms with Crippen molar-refractivity contribution in [3.8, 4) is 22.6 Å². The molecule has 3 rings (SSSR count). The lowest BCUT2D eigenvalue weighted by Crippen LogP contribution is -2.12. The van der Waals surface area contributed by atoms with Gasteiger partial charge in [-0.2, -0.15) is 9.61 Å². The summed E-state index contributed by atoms with van der Waals surface area (Å²) in [5.74, 6) is 0.928. The number of nitrogens with two attached hydrogens (primary N) is 1. The maximum atomic E-state index is 12.1. The molecule has 28 heavy (non-hydrogen) atoms. The summed E-state index contributed by atoms with van der Waals surface area (Å²) in [4.78, 5) is 16.6. The Hall–Kier alpha value is -3.29. The zero-order valence-electron chi connectivity index (χ0n) is 16.5. The highest BCUT2D eigenvalue weighted by molar-refractivity contribution is 5.95. The van der Waals surface area contributed by atoms with Crippen LogP contribution in [0.4, 0.5) is 5.82 Å². The molecule has 0 aliphatic heterocycles. The van der Waals surface area contributed by atoms with Crippen molar-refractivity contribution in [3.05, 3.63) is 35.7 Å². The Bertz CT molecular complexity index is 1010. The van der Waals surface area contributed by atoms with Crippen LogP contribution in [0, 0.1) is 0 Å². The van der Waals surface area contributed by atoms with Crippen LogP contribution in [0.25, 0.3) is 16.8 Å². The van der Waals surface area contributed by atoms with E-state index in [0.29, 0.717) is 17.1 Å². The van der Waals surface area contributed by atoms with Crippen LogP contribution in [-0.2, 0) is 11.2 Å². The van der Waals surface area contributed by atoms with Gasteiger partial charge in [0.2, 0.25) is 0 Å². The van der Waals surface area contributed by atoms with Gasteiger partial charge in [0, 0.05) is 6.20 Å². The third-order valence-corrected chi connectivity index (χ3v) is 4.41. The summed E-state index contributed by atoms with van der Waals surface area (Å²) >= 11 is 0. The van der Waals surface area contributed by atoms with Crippen molar-refractivity contribution in [3.63, 3.8) is 0 Å². The Kier molecular flexibility index (Phi) is 5.67. The number of carbonyl (C=O) groups excluding carboxylic acids is 1. The van der Waals surface area contributed by atoms with Crippen LogP contribution in [0.2, 0.25) is 0 Å². The predicted octanol–water partition coefficient (Wildman–Crippen LogP) is 3.12. The molecule has 3 aromatic rings. The van der Waals surface area contributed by atoms with Crippen LogP contribution >= 0.6 is 0 Å². The highest BCUT2D eigenvalue weighted by Gasteiger charge is 2.22. The van der Waals surface area contributed by atoms with Crippen molar-refractivity contribution in [1.29, 1.82) is 0 Å². The SMILES string of the molecule is CCCc1nn2c(N)c(C(=O)OCC)cnc2c1-c1ccc(OC)c(OC)c1. The molecule has 0 spiro atoms. The number of esters is 1. The molecular formula is C20H24N4O4. The molecule has 8 heteroatoms. The van der Waals surface area contributed by atoms with Crippen molar-refractivity contribution in [2.75, 3.05) is 26.6 Å². The van der Waals surface area contributed by atoms with Crippen molar-refractivity contribution < 1.29 is 19.0 Å². The summed E-state index contributed by atoms with van der Waals surface area (Å²) < 4.78 is 17.3. The monoisotopic (exact) mass is 384 g/mol. The maximum Gasteiger partial charge on any atom is 0.343 e. The first-order chi connectivity index (χ1) is 13.5. The van der Waals surface area contributed by atoms with Crippen LogP contribution in [0.3, 0.4) is 0 Å². The van der Waals surface area contributed by atoms with E-state index in [1.54, 1.807) is 21.1 Å². The van der Waals surface area contributed by atoms with Crippen LogP contribution in [0.15, 0.2) is 24.4 Å². The molecule has 0 aliphatic rings. The lowest BCUT2D eigenvalue weighted by atomic mass is 10.0. The van der Waals surface area contributed by atoms with Gasteiger partial charge in [0.05, 0.1) is 32.1 Å². The average Bonchev–Trinajstić information content (AvgIpc) is 3.07. The second-order valence-electron chi connectivity index (χ2n) is 6.15. The van der Waals surface area contributed by atoms with Gasteiger partial charge in [-0.15, -0.1) is 0 Å². The van der Waals surface area contributed by atoms with Crippen LogP contribution < -0.4 is 15.2 Å². The maximum absolute atomic E-state index is 12.1. The van der Waals surface area contributed by atoms with E-state index in [1.165, 1.54) is 10.7 Å². The van der Waals surface area contributed by atoms with Gasteiger partial charge in [-0.3, -0.25) is 0 Å². The number of rotatable bonds is 7. The van der Waals surface area contributed by atoms with Crippen LogP contribution in [-0.4, -0.2) is 41.4 Å². The van der Waals surface area contributed by atoms with E-state index in [4.69, 9.17) is 19.9 Å². The minimum Gasteiger partial charge on any atom is -0.493 e. The Balaban J connectivity index is 2.23. The number of aromatic nitrogens is 3. The number of nitrogen functional groups attached to an aromatic ring is 1. The largest absolute Gasteiger partial charge is 0.493 e. The van der Waals surface area contributed by atoms with Crippen molar-refractivity contribution >= 4 is 17.4 Å². The third-order valence-electron chi connectivity index (χ3n) is 4.41. The van der Waals surface area contributed by atoms with Crippen LogP contribution in [0.1, 0.15) is 36.3 Å². The molecule has 2 heterocycles. The molecule has 0 fully saturated rings. The summed E-state index contributed by atoms with van der Waals surface area (Å²) in [5, 5.41) is 4.63. The summed E-state index contributed by atoms with van der Waals surface area (Å²) in [7, 11) is 3.18. The average molecular weight is 384 g/mol. The molecule has 8 nitrogen and oxygen atoms in total. The van der Waals surface area contributed by atoms with Gasteiger partial charge in [-0.05, 0) is 31.0 Å². The highest BCUT2D eigenvalue weighted by Crippen LogP contribution is 2.36. The van der Waals surface area contributed by atoms with E-state index >= 15 is 0 Å².